The monoisotopic (exact) mass is 242 g/mol. The maximum atomic E-state index is 11.0. The number of hydrogen-bond donors (Lipinski definition) is 0. The molecule has 0 bridgehead atoms. The van der Waals surface area contributed by atoms with Crippen LogP contribution in [-0.4, -0.2) is 22.4 Å². The van der Waals surface area contributed by atoms with E-state index >= 15 is 0 Å². The first-order valence-corrected chi connectivity index (χ1v) is 5.75. The van der Waals surface area contributed by atoms with Gasteiger partial charge < -0.3 is 4.74 Å². The molecule has 2 heterocycles. The molecule has 0 fully saturated rings. The highest BCUT2D eigenvalue weighted by molar-refractivity contribution is 5.92. The van der Waals surface area contributed by atoms with Crippen molar-refractivity contribution in [3.05, 3.63) is 54.1 Å². The second kappa shape index (κ2) is 5.91. The second-order valence-corrected chi connectivity index (χ2v) is 3.85. The highest BCUT2D eigenvalue weighted by Crippen LogP contribution is 2.10. The third kappa shape index (κ3) is 3.38. The van der Waals surface area contributed by atoms with E-state index in [1.54, 1.807) is 24.5 Å². The molecule has 0 aliphatic rings. The largest absolute Gasteiger partial charge is 0.492 e. The molecule has 2 aromatic rings. The van der Waals surface area contributed by atoms with E-state index in [4.69, 9.17) is 4.74 Å². The Morgan fingerprint density at radius 1 is 1.22 bits per heavy atom. The summed E-state index contributed by atoms with van der Waals surface area (Å²) < 4.78 is 5.53. The molecule has 0 spiro atoms. The van der Waals surface area contributed by atoms with Gasteiger partial charge in [-0.2, -0.15) is 0 Å². The van der Waals surface area contributed by atoms with Gasteiger partial charge in [-0.05, 0) is 24.3 Å². The van der Waals surface area contributed by atoms with Crippen LogP contribution in [0.5, 0.6) is 5.75 Å². The van der Waals surface area contributed by atoms with Gasteiger partial charge in [-0.15, -0.1) is 0 Å². The first kappa shape index (κ1) is 12.2. The Kier molecular flexibility index (Phi) is 4.02. The zero-order valence-corrected chi connectivity index (χ0v) is 10.2. The third-order valence-electron chi connectivity index (χ3n) is 2.45. The minimum Gasteiger partial charge on any atom is -0.492 e. The fraction of sp³-hybridized carbons (Fsp3) is 0.214. The lowest BCUT2D eigenvalue weighted by molar-refractivity contribution is 0.101. The molecule has 0 aliphatic carbocycles. The van der Waals surface area contributed by atoms with Crippen LogP contribution in [0.3, 0.4) is 0 Å². The fourth-order valence-electron chi connectivity index (χ4n) is 1.49. The summed E-state index contributed by atoms with van der Waals surface area (Å²) in [6, 6.07) is 9.21. The van der Waals surface area contributed by atoms with E-state index in [1.807, 2.05) is 18.2 Å². The third-order valence-corrected chi connectivity index (χ3v) is 2.45. The number of rotatable bonds is 5. The molecule has 0 N–H and O–H groups in total. The SMILES string of the molecule is CC(=O)c1ccc(OCCc2ccccn2)cn1. The van der Waals surface area contributed by atoms with E-state index < -0.39 is 0 Å². The Morgan fingerprint density at radius 2 is 2.11 bits per heavy atom. The molecular formula is C14H14N2O2. The van der Waals surface area contributed by atoms with Gasteiger partial charge in [-0.1, -0.05) is 6.07 Å². The molecule has 92 valence electrons. The van der Waals surface area contributed by atoms with Gasteiger partial charge in [0.25, 0.3) is 0 Å². The highest BCUT2D eigenvalue weighted by atomic mass is 16.5. The maximum Gasteiger partial charge on any atom is 0.178 e. The number of Topliss-reactive ketones (excluding diaryl/α,β-unsaturated/α-hetero) is 1. The molecule has 0 saturated heterocycles. The molecule has 2 rings (SSSR count). The minimum absolute atomic E-state index is 0.0463. The van der Waals surface area contributed by atoms with Crippen molar-refractivity contribution in [2.75, 3.05) is 6.61 Å². The maximum absolute atomic E-state index is 11.0. The Hall–Kier alpha value is -2.23. The molecule has 18 heavy (non-hydrogen) atoms. The summed E-state index contributed by atoms with van der Waals surface area (Å²) in [5, 5.41) is 0. The molecule has 0 radical (unpaired) electrons. The summed E-state index contributed by atoms with van der Waals surface area (Å²) in [4.78, 5) is 19.3. The molecule has 0 aliphatic heterocycles. The molecule has 0 saturated carbocycles. The van der Waals surface area contributed by atoms with Gasteiger partial charge in [0.1, 0.15) is 11.4 Å². The van der Waals surface area contributed by atoms with E-state index in [-0.39, 0.29) is 5.78 Å². The van der Waals surface area contributed by atoms with Crippen LogP contribution < -0.4 is 4.74 Å². The summed E-state index contributed by atoms with van der Waals surface area (Å²) in [6.07, 6.45) is 4.07. The van der Waals surface area contributed by atoms with Crippen LogP contribution >= 0.6 is 0 Å². The zero-order chi connectivity index (χ0) is 12.8. The quantitative estimate of drug-likeness (QED) is 0.755. The van der Waals surface area contributed by atoms with Crippen molar-refractivity contribution in [3.63, 3.8) is 0 Å². The number of pyridine rings is 2. The van der Waals surface area contributed by atoms with Crippen LogP contribution in [0, 0.1) is 0 Å². The van der Waals surface area contributed by atoms with Crippen LogP contribution in [-0.2, 0) is 6.42 Å². The van der Waals surface area contributed by atoms with Crippen LogP contribution in [0.4, 0.5) is 0 Å². The number of ether oxygens (including phenoxy) is 1. The first-order chi connectivity index (χ1) is 8.75. The van der Waals surface area contributed by atoms with Crippen molar-refractivity contribution >= 4 is 5.78 Å². The summed E-state index contributed by atoms with van der Waals surface area (Å²) in [5.41, 5.74) is 1.44. The van der Waals surface area contributed by atoms with Crippen molar-refractivity contribution in [1.29, 1.82) is 0 Å². The van der Waals surface area contributed by atoms with E-state index in [0.29, 0.717) is 18.1 Å². The number of carbonyl (C=O) groups excluding carboxylic acids is 1. The predicted octanol–water partition coefficient (Wildman–Crippen LogP) is 2.30. The summed E-state index contributed by atoms with van der Waals surface area (Å²) in [5.74, 6) is 0.617. The molecule has 4 nitrogen and oxygen atoms in total. The highest BCUT2D eigenvalue weighted by Gasteiger charge is 2.01. The van der Waals surface area contributed by atoms with Crippen molar-refractivity contribution in [1.82, 2.24) is 9.97 Å². The molecular weight excluding hydrogens is 228 g/mol. The number of aromatic nitrogens is 2. The predicted molar refractivity (Wildman–Crippen MR) is 67.7 cm³/mol. The lowest BCUT2D eigenvalue weighted by atomic mass is 10.2. The van der Waals surface area contributed by atoms with Crippen molar-refractivity contribution in [3.8, 4) is 5.75 Å². The Labute approximate surface area is 106 Å². The molecule has 4 heteroatoms. The summed E-state index contributed by atoms with van der Waals surface area (Å²) in [7, 11) is 0. The molecule has 0 amide bonds. The summed E-state index contributed by atoms with van der Waals surface area (Å²) >= 11 is 0. The second-order valence-electron chi connectivity index (χ2n) is 3.85. The number of hydrogen-bond acceptors (Lipinski definition) is 4. The number of carbonyl (C=O) groups is 1. The average Bonchev–Trinajstić information content (AvgIpc) is 2.40. The normalized spacial score (nSPS) is 10.1. The van der Waals surface area contributed by atoms with Gasteiger partial charge in [-0.25, -0.2) is 4.98 Å². The van der Waals surface area contributed by atoms with E-state index in [2.05, 4.69) is 9.97 Å². The van der Waals surface area contributed by atoms with Crippen molar-refractivity contribution < 1.29 is 9.53 Å². The lowest BCUT2D eigenvalue weighted by Crippen LogP contribution is -2.03. The Balaban J connectivity index is 1.85. The van der Waals surface area contributed by atoms with Crippen LogP contribution in [0.2, 0.25) is 0 Å². The zero-order valence-electron chi connectivity index (χ0n) is 10.2. The number of nitrogens with zero attached hydrogens (tertiary/aromatic N) is 2. The van der Waals surface area contributed by atoms with Gasteiger partial charge >= 0.3 is 0 Å². The van der Waals surface area contributed by atoms with Gasteiger partial charge in [0.2, 0.25) is 0 Å². The minimum atomic E-state index is -0.0463. The van der Waals surface area contributed by atoms with Crippen molar-refractivity contribution in [2.24, 2.45) is 0 Å². The summed E-state index contributed by atoms with van der Waals surface area (Å²) in [6.45, 7) is 2.03. The van der Waals surface area contributed by atoms with Gasteiger partial charge in [-0.3, -0.25) is 9.78 Å². The van der Waals surface area contributed by atoms with Gasteiger partial charge in [0, 0.05) is 25.2 Å². The van der Waals surface area contributed by atoms with Gasteiger partial charge in [0.05, 0.1) is 12.8 Å². The molecule has 0 atom stereocenters. The number of ketones is 1. The van der Waals surface area contributed by atoms with Crippen LogP contribution in [0.25, 0.3) is 0 Å². The Bertz CT molecular complexity index is 509. The standard InChI is InChI=1S/C14H14N2O2/c1-11(17)14-6-5-13(10-16-14)18-9-7-12-4-2-3-8-15-12/h2-6,8,10H,7,9H2,1H3. The smallest absolute Gasteiger partial charge is 0.178 e. The van der Waals surface area contributed by atoms with Crippen LogP contribution in [0.15, 0.2) is 42.7 Å². The first-order valence-electron chi connectivity index (χ1n) is 5.75. The lowest BCUT2D eigenvalue weighted by Gasteiger charge is -2.05. The van der Waals surface area contributed by atoms with E-state index in [1.165, 1.54) is 6.92 Å². The van der Waals surface area contributed by atoms with E-state index in [9.17, 15) is 4.79 Å². The van der Waals surface area contributed by atoms with Gasteiger partial charge in [0.15, 0.2) is 5.78 Å². The topological polar surface area (TPSA) is 52.1 Å². The Morgan fingerprint density at radius 3 is 2.72 bits per heavy atom. The molecule has 0 unspecified atom stereocenters. The molecule has 2 aromatic heterocycles. The van der Waals surface area contributed by atoms with Crippen LogP contribution in [0.1, 0.15) is 23.1 Å². The average molecular weight is 242 g/mol. The van der Waals surface area contributed by atoms with Crippen molar-refractivity contribution in [2.45, 2.75) is 13.3 Å². The van der Waals surface area contributed by atoms with E-state index in [0.717, 1.165) is 12.1 Å². The molecule has 0 aromatic carbocycles. The fourth-order valence-corrected chi connectivity index (χ4v) is 1.49.